The number of nitrogens with two attached hydrogens (primary N) is 1. The summed E-state index contributed by atoms with van der Waals surface area (Å²) in [4.78, 5) is 0. The van der Waals surface area contributed by atoms with Crippen molar-refractivity contribution in [1.82, 2.24) is 5.32 Å². The van der Waals surface area contributed by atoms with Gasteiger partial charge in [-0.1, -0.05) is 31.2 Å². The third-order valence-electron chi connectivity index (χ3n) is 4.53. The van der Waals surface area contributed by atoms with E-state index in [2.05, 4.69) is 48.6 Å². The van der Waals surface area contributed by atoms with E-state index in [0.29, 0.717) is 5.41 Å². The highest BCUT2D eigenvalue weighted by atomic mass is 14.9. The van der Waals surface area contributed by atoms with Crippen LogP contribution in [0.15, 0.2) is 36.4 Å². The van der Waals surface area contributed by atoms with Crippen LogP contribution in [-0.2, 0) is 6.54 Å². The van der Waals surface area contributed by atoms with Crippen molar-refractivity contribution in [3.8, 4) is 0 Å². The molecule has 19 heavy (non-hydrogen) atoms. The number of rotatable bonds is 5. The minimum atomic E-state index is 0.589. The summed E-state index contributed by atoms with van der Waals surface area (Å²) in [5.74, 6) is 0. The highest BCUT2D eigenvalue weighted by molar-refractivity contribution is 5.86. The second kappa shape index (κ2) is 4.86. The maximum atomic E-state index is 6.14. The molecule has 0 radical (unpaired) electrons. The summed E-state index contributed by atoms with van der Waals surface area (Å²) in [6.07, 6.45) is 4.04. The molecule has 1 saturated carbocycles. The van der Waals surface area contributed by atoms with Gasteiger partial charge in [0.05, 0.1) is 0 Å². The van der Waals surface area contributed by atoms with E-state index >= 15 is 0 Å². The van der Waals surface area contributed by atoms with Crippen LogP contribution in [0.1, 0.15) is 31.7 Å². The smallest absolute Gasteiger partial charge is 0.0366 e. The Morgan fingerprint density at radius 3 is 2.47 bits per heavy atom. The minimum Gasteiger partial charge on any atom is -0.398 e. The van der Waals surface area contributed by atoms with Crippen molar-refractivity contribution in [3.05, 3.63) is 42.0 Å². The van der Waals surface area contributed by atoms with Gasteiger partial charge in [-0.25, -0.2) is 0 Å². The number of hydrogen-bond donors (Lipinski definition) is 2. The lowest BCUT2D eigenvalue weighted by molar-refractivity contribution is 0.444. The fraction of sp³-hybridized carbons (Fsp3) is 0.412. The molecule has 1 aliphatic rings. The molecular weight excluding hydrogens is 232 g/mol. The van der Waals surface area contributed by atoms with Crippen LogP contribution in [-0.4, -0.2) is 6.54 Å². The summed E-state index contributed by atoms with van der Waals surface area (Å²) >= 11 is 0. The van der Waals surface area contributed by atoms with Gasteiger partial charge in [0.2, 0.25) is 0 Å². The van der Waals surface area contributed by atoms with Crippen LogP contribution >= 0.6 is 0 Å². The van der Waals surface area contributed by atoms with Crippen molar-refractivity contribution in [2.45, 2.75) is 32.7 Å². The standard InChI is InChI=1S/C17H22N2/c1-2-17(7-8-17)12-19-11-15-9-13-5-3-4-6-14(13)10-16(15)18/h3-6,9-10,19H,2,7-8,11-12,18H2,1H3. The molecule has 0 bridgehead atoms. The van der Waals surface area contributed by atoms with E-state index in [1.54, 1.807) is 0 Å². The van der Waals surface area contributed by atoms with Crippen molar-refractivity contribution >= 4 is 16.5 Å². The predicted molar refractivity (Wildman–Crippen MR) is 82.0 cm³/mol. The van der Waals surface area contributed by atoms with Crippen LogP contribution in [0, 0.1) is 5.41 Å². The molecule has 100 valence electrons. The van der Waals surface area contributed by atoms with Gasteiger partial charge in [0.15, 0.2) is 0 Å². The average molecular weight is 254 g/mol. The Morgan fingerprint density at radius 1 is 1.16 bits per heavy atom. The van der Waals surface area contributed by atoms with Gasteiger partial charge in [0, 0.05) is 18.8 Å². The monoisotopic (exact) mass is 254 g/mol. The maximum Gasteiger partial charge on any atom is 0.0366 e. The van der Waals surface area contributed by atoms with E-state index in [0.717, 1.165) is 18.8 Å². The maximum absolute atomic E-state index is 6.14. The van der Waals surface area contributed by atoms with E-state index in [1.807, 2.05) is 0 Å². The average Bonchev–Trinajstić information content (AvgIpc) is 3.20. The molecule has 3 N–H and O–H groups in total. The SMILES string of the molecule is CCC1(CNCc2cc3ccccc3cc2N)CC1. The first kappa shape index (κ1) is 12.5. The molecule has 0 unspecified atom stereocenters. The molecule has 0 aliphatic heterocycles. The summed E-state index contributed by atoms with van der Waals surface area (Å²) in [6, 6.07) is 12.7. The van der Waals surface area contributed by atoms with E-state index in [-0.39, 0.29) is 0 Å². The van der Waals surface area contributed by atoms with Crippen LogP contribution in [0.3, 0.4) is 0 Å². The lowest BCUT2D eigenvalue weighted by Gasteiger charge is -2.14. The molecule has 1 fully saturated rings. The zero-order chi connectivity index (χ0) is 13.3. The van der Waals surface area contributed by atoms with Crippen LogP contribution in [0.2, 0.25) is 0 Å². The molecule has 0 spiro atoms. The van der Waals surface area contributed by atoms with Crippen molar-refractivity contribution in [2.75, 3.05) is 12.3 Å². The van der Waals surface area contributed by atoms with Gasteiger partial charge in [0.1, 0.15) is 0 Å². The number of anilines is 1. The van der Waals surface area contributed by atoms with Gasteiger partial charge in [-0.05, 0) is 53.1 Å². The normalized spacial score (nSPS) is 16.7. The van der Waals surface area contributed by atoms with Crippen LogP contribution in [0.25, 0.3) is 10.8 Å². The van der Waals surface area contributed by atoms with Gasteiger partial charge in [0.25, 0.3) is 0 Å². The summed E-state index contributed by atoms with van der Waals surface area (Å²) in [5, 5.41) is 6.07. The van der Waals surface area contributed by atoms with Crippen molar-refractivity contribution in [3.63, 3.8) is 0 Å². The molecular formula is C17H22N2. The number of benzene rings is 2. The van der Waals surface area contributed by atoms with E-state index in [4.69, 9.17) is 5.73 Å². The quantitative estimate of drug-likeness (QED) is 0.798. The molecule has 0 saturated heterocycles. The summed E-state index contributed by atoms with van der Waals surface area (Å²) in [5.41, 5.74) is 8.84. The van der Waals surface area contributed by atoms with E-state index in [1.165, 1.54) is 35.6 Å². The van der Waals surface area contributed by atoms with Crippen molar-refractivity contribution < 1.29 is 0 Å². The van der Waals surface area contributed by atoms with Gasteiger partial charge in [-0.15, -0.1) is 0 Å². The zero-order valence-electron chi connectivity index (χ0n) is 11.6. The Morgan fingerprint density at radius 2 is 1.84 bits per heavy atom. The van der Waals surface area contributed by atoms with Gasteiger partial charge in [-0.3, -0.25) is 0 Å². The number of nitrogens with one attached hydrogen (secondary N) is 1. The second-order valence-corrected chi connectivity index (χ2v) is 5.86. The lowest BCUT2D eigenvalue weighted by Crippen LogP contribution is -2.23. The first-order valence-electron chi connectivity index (χ1n) is 7.20. The highest BCUT2D eigenvalue weighted by Crippen LogP contribution is 2.47. The van der Waals surface area contributed by atoms with Crippen LogP contribution in [0.5, 0.6) is 0 Å². The molecule has 2 aromatic carbocycles. The number of fused-ring (bicyclic) bond motifs is 1. The van der Waals surface area contributed by atoms with Crippen LogP contribution < -0.4 is 11.1 Å². The molecule has 0 amide bonds. The zero-order valence-corrected chi connectivity index (χ0v) is 11.6. The van der Waals surface area contributed by atoms with Gasteiger partial charge >= 0.3 is 0 Å². The molecule has 0 atom stereocenters. The Labute approximate surface area is 115 Å². The van der Waals surface area contributed by atoms with Crippen molar-refractivity contribution in [1.29, 1.82) is 0 Å². The first-order valence-corrected chi connectivity index (χ1v) is 7.20. The highest BCUT2D eigenvalue weighted by Gasteiger charge is 2.39. The third kappa shape index (κ3) is 2.59. The Kier molecular flexibility index (Phi) is 3.19. The van der Waals surface area contributed by atoms with E-state index < -0.39 is 0 Å². The minimum absolute atomic E-state index is 0.589. The van der Waals surface area contributed by atoms with Crippen molar-refractivity contribution in [2.24, 2.45) is 5.41 Å². The number of nitrogen functional groups attached to an aromatic ring is 1. The fourth-order valence-corrected chi connectivity index (χ4v) is 2.75. The largest absolute Gasteiger partial charge is 0.398 e. The lowest BCUT2D eigenvalue weighted by atomic mass is 10.0. The molecule has 3 rings (SSSR count). The third-order valence-corrected chi connectivity index (χ3v) is 4.53. The summed E-state index contributed by atoms with van der Waals surface area (Å²) in [6.45, 7) is 4.28. The Hall–Kier alpha value is -1.54. The fourth-order valence-electron chi connectivity index (χ4n) is 2.75. The summed E-state index contributed by atoms with van der Waals surface area (Å²) in [7, 11) is 0. The Balaban J connectivity index is 1.72. The van der Waals surface area contributed by atoms with Gasteiger partial charge in [-0.2, -0.15) is 0 Å². The topological polar surface area (TPSA) is 38.0 Å². The Bertz CT molecular complexity index is 585. The van der Waals surface area contributed by atoms with E-state index in [9.17, 15) is 0 Å². The number of hydrogen-bond acceptors (Lipinski definition) is 2. The van der Waals surface area contributed by atoms with Gasteiger partial charge < -0.3 is 11.1 Å². The predicted octanol–water partition coefficient (Wildman–Crippen LogP) is 3.70. The molecule has 1 aliphatic carbocycles. The molecule has 2 heteroatoms. The molecule has 2 nitrogen and oxygen atoms in total. The summed E-state index contributed by atoms with van der Waals surface area (Å²) < 4.78 is 0. The molecule has 0 aromatic heterocycles. The molecule has 0 heterocycles. The second-order valence-electron chi connectivity index (χ2n) is 5.86. The molecule has 2 aromatic rings. The van der Waals surface area contributed by atoms with Crippen LogP contribution in [0.4, 0.5) is 5.69 Å². The first-order chi connectivity index (χ1) is 9.22.